The van der Waals surface area contributed by atoms with E-state index in [1.54, 1.807) is 30.0 Å². The highest BCUT2D eigenvalue weighted by atomic mass is 16.5. The van der Waals surface area contributed by atoms with Gasteiger partial charge in [-0.25, -0.2) is 5.10 Å². The van der Waals surface area contributed by atoms with E-state index in [-0.39, 0.29) is 5.75 Å². The number of methoxy groups -OCH3 is 1. The Morgan fingerprint density at radius 2 is 2.00 bits per heavy atom. The fourth-order valence-corrected chi connectivity index (χ4v) is 3.51. The Balaban J connectivity index is 1.79. The van der Waals surface area contributed by atoms with Crippen molar-refractivity contribution in [3.63, 3.8) is 0 Å². The molecule has 0 aliphatic carbocycles. The summed E-state index contributed by atoms with van der Waals surface area (Å²) in [5.74, 6) is 1.13. The average molecular weight is 389 g/mol. The van der Waals surface area contributed by atoms with Crippen LogP contribution in [-0.4, -0.2) is 42.6 Å². The summed E-state index contributed by atoms with van der Waals surface area (Å²) in [4.78, 5) is 12.6. The fraction of sp³-hybridized carbons (Fsp3) is 0.105. The van der Waals surface area contributed by atoms with Gasteiger partial charge < -0.3 is 15.2 Å². The number of H-pyrrole nitrogens is 1. The van der Waals surface area contributed by atoms with E-state index in [4.69, 9.17) is 4.74 Å². The number of phenolic OH excluding ortho intramolecular Hbond substituents is 1. The van der Waals surface area contributed by atoms with E-state index in [0.29, 0.717) is 34.2 Å². The fourth-order valence-electron chi connectivity index (χ4n) is 3.51. The summed E-state index contributed by atoms with van der Waals surface area (Å²) in [6, 6.07) is 13.5. The Labute approximate surface area is 163 Å². The predicted octanol–water partition coefficient (Wildman–Crippen LogP) is 1.83. The molecule has 10 heteroatoms. The lowest BCUT2D eigenvalue weighted by Gasteiger charge is -2.27. The van der Waals surface area contributed by atoms with E-state index in [2.05, 4.69) is 31.0 Å². The second-order valence-corrected chi connectivity index (χ2v) is 6.49. The van der Waals surface area contributed by atoms with Gasteiger partial charge in [0.05, 0.1) is 12.8 Å². The second kappa shape index (κ2) is 6.44. The lowest BCUT2D eigenvalue weighted by atomic mass is 9.92. The number of fused-ring (bicyclic) bond motifs is 2. The molecule has 4 aromatic rings. The Morgan fingerprint density at radius 3 is 2.76 bits per heavy atom. The third-order valence-corrected chi connectivity index (χ3v) is 4.82. The van der Waals surface area contributed by atoms with Crippen LogP contribution in [0.3, 0.4) is 0 Å². The van der Waals surface area contributed by atoms with Crippen molar-refractivity contribution < 1.29 is 9.84 Å². The molecule has 0 amide bonds. The number of nitrogens with one attached hydrogen (secondary N) is 2. The molecule has 0 fully saturated rings. The van der Waals surface area contributed by atoms with Gasteiger partial charge in [0.15, 0.2) is 0 Å². The number of aromatic amines is 1. The number of phenols is 1. The predicted molar refractivity (Wildman–Crippen MR) is 103 cm³/mol. The molecule has 1 atom stereocenters. The maximum atomic E-state index is 12.6. The summed E-state index contributed by atoms with van der Waals surface area (Å²) in [6.45, 7) is 0. The van der Waals surface area contributed by atoms with Crippen LogP contribution in [0.5, 0.6) is 11.5 Å². The SMILES string of the molecule is COc1ccc(-c2n[nH]c(=O)c3c2[C@H](c2cccc(O)c2)n2nnnc2N3)cc1. The van der Waals surface area contributed by atoms with Gasteiger partial charge in [0.25, 0.3) is 5.56 Å². The van der Waals surface area contributed by atoms with Gasteiger partial charge in [0.1, 0.15) is 23.2 Å². The number of hydrogen-bond donors (Lipinski definition) is 3. The first-order valence-corrected chi connectivity index (χ1v) is 8.76. The molecule has 0 radical (unpaired) electrons. The summed E-state index contributed by atoms with van der Waals surface area (Å²) in [7, 11) is 1.59. The van der Waals surface area contributed by atoms with Gasteiger partial charge in [-0.1, -0.05) is 17.2 Å². The van der Waals surface area contributed by atoms with Gasteiger partial charge >= 0.3 is 0 Å². The van der Waals surface area contributed by atoms with Crippen molar-refractivity contribution in [1.82, 2.24) is 30.4 Å². The van der Waals surface area contributed by atoms with Gasteiger partial charge in [-0.05, 0) is 52.4 Å². The highest BCUT2D eigenvalue weighted by Crippen LogP contribution is 2.41. The maximum absolute atomic E-state index is 12.6. The first-order chi connectivity index (χ1) is 14.2. The number of anilines is 2. The first kappa shape index (κ1) is 16.9. The normalized spacial score (nSPS) is 14.6. The molecule has 1 aliphatic heterocycles. The number of nitrogens with zero attached hydrogens (tertiary/aromatic N) is 5. The monoisotopic (exact) mass is 389 g/mol. The molecular weight excluding hydrogens is 374 g/mol. The van der Waals surface area contributed by atoms with E-state index in [0.717, 1.165) is 5.56 Å². The Bertz CT molecular complexity index is 1260. The molecule has 0 bridgehead atoms. The maximum Gasteiger partial charge on any atom is 0.288 e. The molecule has 1 aliphatic rings. The minimum absolute atomic E-state index is 0.0982. The standard InChI is InChI=1S/C19H15N7O3/c1-29-13-7-5-10(6-8-13)15-14-16(18(28)22-21-15)20-19-23-24-25-26(19)17(14)11-3-2-4-12(27)9-11/h2-9,17,27H,1H3,(H,22,28)(H,20,23,25)/t17-/m0/s1. The molecule has 0 saturated heterocycles. The summed E-state index contributed by atoms with van der Waals surface area (Å²) >= 11 is 0. The summed E-state index contributed by atoms with van der Waals surface area (Å²) in [5, 5.41) is 31.6. The van der Waals surface area contributed by atoms with Crippen molar-refractivity contribution in [2.24, 2.45) is 0 Å². The Hall–Kier alpha value is -4.21. The van der Waals surface area contributed by atoms with Crippen molar-refractivity contribution in [1.29, 1.82) is 0 Å². The zero-order chi connectivity index (χ0) is 20.0. The van der Waals surface area contributed by atoms with Crippen LogP contribution in [0.1, 0.15) is 17.2 Å². The molecule has 2 aromatic carbocycles. The number of aromatic nitrogens is 6. The quantitative estimate of drug-likeness (QED) is 0.426. The van der Waals surface area contributed by atoms with Crippen molar-refractivity contribution in [2.75, 3.05) is 12.4 Å². The largest absolute Gasteiger partial charge is 0.508 e. The van der Waals surface area contributed by atoms with Crippen LogP contribution in [0.15, 0.2) is 53.3 Å². The van der Waals surface area contributed by atoms with E-state index in [9.17, 15) is 9.90 Å². The van der Waals surface area contributed by atoms with Crippen LogP contribution in [0.2, 0.25) is 0 Å². The van der Waals surface area contributed by atoms with Gasteiger partial charge in [-0.3, -0.25) is 4.79 Å². The lowest BCUT2D eigenvalue weighted by molar-refractivity contribution is 0.415. The third-order valence-electron chi connectivity index (χ3n) is 4.82. The Morgan fingerprint density at radius 1 is 1.17 bits per heavy atom. The van der Waals surface area contributed by atoms with Gasteiger partial charge in [-0.2, -0.15) is 9.78 Å². The lowest BCUT2D eigenvalue weighted by Crippen LogP contribution is -2.29. The molecule has 2 aromatic heterocycles. The molecule has 0 unspecified atom stereocenters. The van der Waals surface area contributed by atoms with Gasteiger partial charge in [-0.15, -0.1) is 0 Å². The van der Waals surface area contributed by atoms with E-state index < -0.39 is 11.6 Å². The average Bonchev–Trinajstić information content (AvgIpc) is 3.21. The molecule has 3 heterocycles. The molecular formula is C19H15N7O3. The Kier molecular flexibility index (Phi) is 3.76. The number of tetrazole rings is 1. The van der Waals surface area contributed by atoms with Crippen molar-refractivity contribution >= 4 is 11.6 Å². The zero-order valence-electron chi connectivity index (χ0n) is 15.2. The second-order valence-electron chi connectivity index (χ2n) is 6.49. The summed E-state index contributed by atoms with van der Waals surface area (Å²) < 4.78 is 6.79. The molecule has 0 saturated carbocycles. The van der Waals surface area contributed by atoms with E-state index in [1.165, 1.54) is 0 Å². The van der Waals surface area contributed by atoms with Crippen LogP contribution in [0.25, 0.3) is 11.3 Å². The number of rotatable bonds is 3. The minimum atomic E-state index is -0.560. The minimum Gasteiger partial charge on any atom is -0.508 e. The summed E-state index contributed by atoms with van der Waals surface area (Å²) in [6.07, 6.45) is 0. The number of ether oxygens (including phenoxy) is 1. The third kappa shape index (κ3) is 2.69. The van der Waals surface area contributed by atoms with Crippen LogP contribution in [0.4, 0.5) is 11.6 Å². The number of benzene rings is 2. The highest BCUT2D eigenvalue weighted by molar-refractivity contribution is 5.75. The van der Waals surface area contributed by atoms with Crippen LogP contribution < -0.4 is 15.6 Å². The highest BCUT2D eigenvalue weighted by Gasteiger charge is 2.34. The number of aromatic hydroxyl groups is 1. The smallest absolute Gasteiger partial charge is 0.288 e. The van der Waals surface area contributed by atoms with Crippen molar-refractivity contribution in [2.45, 2.75) is 6.04 Å². The zero-order valence-corrected chi connectivity index (χ0v) is 15.2. The van der Waals surface area contributed by atoms with Gasteiger partial charge in [0, 0.05) is 11.1 Å². The molecule has 10 nitrogen and oxygen atoms in total. The molecule has 3 N–H and O–H groups in total. The molecule has 0 spiro atoms. The van der Waals surface area contributed by atoms with Crippen molar-refractivity contribution in [3.8, 4) is 22.8 Å². The topological polar surface area (TPSA) is 131 Å². The van der Waals surface area contributed by atoms with E-state index >= 15 is 0 Å². The molecule has 5 rings (SSSR count). The molecule has 144 valence electrons. The van der Waals surface area contributed by atoms with E-state index in [1.807, 2.05) is 30.3 Å². The first-order valence-electron chi connectivity index (χ1n) is 8.76. The van der Waals surface area contributed by atoms with Gasteiger partial charge in [0.2, 0.25) is 5.95 Å². The van der Waals surface area contributed by atoms with Crippen LogP contribution in [0, 0.1) is 0 Å². The molecule has 29 heavy (non-hydrogen) atoms. The number of hydrogen-bond acceptors (Lipinski definition) is 8. The van der Waals surface area contributed by atoms with Crippen molar-refractivity contribution in [3.05, 3.63) is 70.0 Å². The summed E-state index contributed by atoms with van der Waals surface area (Å²) in [5.41, 5.74) is 2.57. The van der Waals surface area contributed by atoms with Crippen LogP contribution >= 0.6 is 0 Å². The van der Waals surface area contributed by atoms with Crippen LogP contribution in [-0.2, 0) is 0 Å².